The minimum Gasteiger partial charge on any atom is -0.369 e. The predicted molar refractivity (Wildman–Crippen MR) is 302 cm³/mol. The van der Waals surface area contributed by atoms with E-state index in [0.29, 0.717) is 18.5 Å². The van der Waals surface area contributed by atoms with Crippen LogP contribution in [0.1, 0.15) is 23.1 Å². The summed E-state index contributed by atoms with van der Waals surface area (Å²) in [6.45, 7) is 0.309. The van der Waals surface area contributed by atoms with Crippen LogP contribution in [0.4, 0.5) is 0 Å². The van der Waals surface area contributed by atoms with E-state index in [1.807, 2.05) is 18.2 Å². The molecule has 0 saturated carbocycles. The lowest BCUT2D eigenvalue weighted by Crippen LogP contribution is -2.24. The van der Waals surface area contributed by atoms with Gasteiger partial charge in [0.05, 0.1) is 44.1 Å². The summed E-state index contributed by atoms with van der Waals surface area (Å²) in [6, 6.07) is 76.0. The molecule has 0 aliphatic heterocycles. The van der Waals surface area contributed by atoms with Gasteiger partial charge in [-0.3, -0.25) is 4.57 Å². The Morgan fingerprint density at radius 2 is 1.03 bits per heavy atom. The number of aliphatic imine (C=N–C) groups is 2. The number of aryl methyl sites for hydroxylation is 1. The second kappa shape index (κ2) is 15.8. The Balaban J connectivity index is 1.01. The summed E-state index contributed by atoms with van der Waals surface area (Å²) < 4.78 is 9.43. The monoisotopic (exact) mass is 923 g/mol. The van der Waals surface area contributed by atoms with Crippen molar-refractivity contribution in [3.63, 3.8) is 0 Å². The maximum Gasteiger partial charge on any atom is 0.207 e. The van der Waals surface area contributed by atoms with Gasteiger partial charge in [-0.15, -0.1) is 0 Å². The molecule has 14 aromatic rings. The van der Waals surface area contributed by atoms with Crippen molar-refractivity contribution in [2.45, 2.75) is 19.5 Å². The smallest absolute Gasteiger partial charge is 0.207 e. The Kier molecular flexibility index (Phi) is 8.86. The number of nitrogens with two attached hydrogens (primary N) is 1. The normalized spacial score (nSPS) is 13.4. The van der Waals surface area contributed by atoms with E-state index < -0.39 is 0 Å². The van der Waals surface area contributed by atoms with Crippen LogP contribution in [0, 0.1) is 0 Å². The average Bonchev–Trinajstić information content (AvgIpc) is 4.18. The van der Waals surface area contributed by atoms with E-state index in [1.165, 1.54) is 54.6 Å². The molecular weight excluding hydrogens is 879 g/mol. The van der Waals surface area contributed by atoms with Crippen LogP contribution >= 0.6 is 0 Å². The van der Waals surface area contributed by atoms with E-state index in [9.17, 15) is 0 Å². The largest absolute Gasteiger partial charge is 0.369 e. The lowest BCUT2D eigenvalue weighted by atomic mass is 9.95. The first-order valence-electron chi connectivity index (χ1n) is 24.8. The van der Waals surface area contributed by atoms with Crippen molar-refractivity contribution in [2.24, 2.45) is 15.7 Å². The molecule has 340 valence electrons. The number of hydrogen-bond donors (Lipinski definition) is 1. The van der Waals surface area contributed by atoms with Crippen LogP contribution in [0.3, 0.4) is 0 Å². The highest BCUT2D eigenvalue weighted by Gasteiger charge is 2.26. The molecule has 0 atom stereocenters. The first-order chi connectivity index (χ1) is 35.7. The van der Waals surface area contributed by atoms with Gasteiger partial charge in [0.1, 0.15) is 6.67 Å². The third-order valence-corrected chi connectivity index (χ3v) is 15.1. The lowest BCUT2D eigenvalue weighted by Gasteiger charge is -2.16. The fraction of sp³-hybridized carbons (Fsp3) is 0.0462. The number of amidine groups is 1. The molecule has 2 N–H and O–H groups in total. The third kappa shape index (κ3) is 5.85. The van der Waals surface area contributed by atoms with Gasteiger partial charge in [0.25, 0.3) is 0 Å². The zero-order chi connectivity index (χ0) is 47.4. The molecule has 72 heavy (non-hydrogen) atoms. The van der Waals surface area contributed by atoms with E-state index in [-0.39, 0.29) is 0 Å². The fourth-order valence-electron chi connectivity index (χ4n) is 12.1. The molecule has 0 fully saturated rings. The highest BCUT2D eigenvalue weighted by atomic mass is 15.2. The van der Waals surface area contributed by atoms with Crippen molar-refractivity contribution in [1.82, 2.24) is 18.3 Å². The van der Waals surface area contributed by atoms with E-state index in [0.717, 1.165) is 84.3 Å². The summed E-state index contributed by atoms with van der Waals surface area (Å²) >= 11 is 0. The first-order valence-corrected chi connectivity index (χ1v) is 24.8. The molecule has 0 bridgehead atoms. The number of aromatic nitrogens is 4. The highest BCUT2D eigenvalue weighted by Crippen LogP contribution is 2.45. The summed E-state index contributed by atoms with van der Waals surface area (Å²) in [7, 11) is 0. The second-order valence-corrected chi connectivity index (χ2v) is 19.0. The van der Waals surface area contributed by atoms with E-state index >= 15 is 0 Å². The quantitative estimate of drug-likeness (QED) is 0.136. The van der Waals surface area contributed by atoms with Crippen molar-refractivity contribution < 1.29 is 0 Å². The van der Waals surface area contributed by atoms with Crippen molar-refractivity contribution in [3.05, 3.63) is 235 Å². The molecule has 1 aliphatic carbocycles. The van der Waals surface area contributed by atoms with Gasteiger partial charge in [-0.05, 0) is 66.3 Å². The fourth-order valence-corrected chi connectivity index (χ4v) is 12.1. The lowest BCUT2D eigenvalue weighted by molar-refractivity contribution is 0.791. The molecule has 4 aromatic heterocycles. The number of allylic oxidation sites excluding steroid dienone is 1. The minimum atomic E-state index is 0.309. The number of benzene rings is 10. The molecule has 4 heterocycles. The Hall–Kier alpha value is -9.46. The summed E-state index contributed by atoms with van der Waals surface area (Å²) in [4.78, 5) is 11.0. The number of rotatable bonds is 5. The van der Waals surface area contributed by atoms with Crippen LogP contribution in [0.15, 0.2) is 228 Å². The van der Waals surface area contributed by atoms with Gasteiger partial charge in [-0.1, -0.05) is 182 Å². The minimum absolute atomic E-state index is 0.309. The summed E-state index contributed by atoms with van der Waals surface area (Å²) in [5, 5.41) is 11.6. The molecule has 0 radical (unpaired) electrons. The van der Waals surface area contributed by atoms with Crippen LogP contribution in [-0.4, -0.2) is 30.1 Å². The molecule has 7 heteroatoms. The summed E-state index contributed by atoms with van der Waals surface area (Å²) in [5.41, 5.74) is 22.3. The first kappa shape index (κ1) is 40.4. The highest BCUT2D eigenvalue weighted by molar-refractivity contribution is 6.30. The van der Waals surface area contributed by atoms with Crippen molar-refractivity contribution in [1.29, 1.82) is 0 Å². The molecule has 15 rings (SSSR count). The molecule has 0 amide bonds. The van der Waals surface area contributed by atoms with Gasteiger partial charge in [-0.25, -0.2) is 4.99 Å². The Morgan fingerprint density at radius 1 is 0.444 bits per heavy atom. The summed E-state index contributed by atoms with van der Waals surface area (Å²) in [5.74, 6) is 0.883. The average molecular weight is 924 g/mol. The Morgan fingerprint density at radius 3 is 1.82 bits per heavy atom. The van der Waals surface area contributed by atoms with Gasteiger partial charge < -0.3 is 19.4 Å². The van der Waals surface area contributed by atoms with E-state index in [4.69, 9.17) is 15.7 Å². The number of fused-ring (bicyclic) bond motifs is 18. The van der Waals surface area contributed by atoms with Crippen LogP contribution in [-0.2, 0) is 13.1 Å². The molecule has 0 spiro atoms. The van der Waals surface area contributed by atoms with E-state index in [2.05, 4.69) is 225 Å². The number of hydrogen-bond acceptors (Lipinski definition) is 1. The molecule has 1 aliphatic rings. The van der Waals surface area contributed by atoms with Gasteiger partial charge in [0, 0.05) is 71.0 Å². The zero-order valence-electron chi connectivity index (χ0n) is 39.2. The number of para-hydroxylation sites is 4. The standard InChI is InChI=1S/C65H45N7/c66-65(72-60-47-27-13-11-19-42(47)33-35-51(60)53-37-36-52-50-34-32-41-18-10-12-26-46(41)59(50)71(62(52)63(53)72)45-24-8-3-9-25-45)68-64(43-20-4-1-5-21-43)67-40-69-55-30-16-15-29-54(55)58-57(69)39-38-49-48-28-14-17-31-56(48)70(61(49)58)44-22-6-2-7-23-44/h1-9,11-17,19-39H,10,18,40H2,(H2,66,67,68). The topological polar surface area (TPSA) is 70.5 Å². The molecule has 0 unspecified atom stereocenters. The zero-order valence-corrected chi connectivity index (χ0v) is 39.2. The Bertz CT molecular complexity index is 4640. The van der Waals surface area contributed by atoms with Crippen LogP contribution in [0.5, 0.6) is 0 Å². The Labute approximate surface area is 413 Å². The van der Waals surface area contributed by atoms with Crippen molar-refractivity contribution >= 4 is 116 Å². The van der Waals surface area contributed by atoms with Gasteiger partial charge in [-0.2, -0.15) is 4.99 Å². The molecule has 0 saturated heterocycles. The van der Waals surface area contributed by atoms with Crippen LogP contribution < -0.4 is 5.73 Å². The predicted octanol–water partition coefficient (Wildman–Crippen LogP) is 15.5. The molecule has 7 nitrogen and oxygen atoms in total. The van der Waals surface area contributed by atoms with Crippen molar-refractivity contribution in [2.75, 3.05) is 0 Å². The van der Waals surface area contributed by atoms with Crippen molar-refractivity contribution in [3.8, 4) is 11.4 Å². The maximum atomic E-state index is 7.69. The maximum absolute atomic E-state index is 7.69. The summed E-state index contributed by atoms with van der Waals surface area (Å²) in [6.07, 6.45) is 6.68. The second-order valence-electron chi connectivity index (χ2n) is 19.0. The molecular formula is C65H45N7. The van der Waals surface area contributed by atoms with Crippen LogP contribution in [0.2, 0.25) is 0 Å². The van der Waals surface area contributed by atoms with Gasteiger partial charge >= 0.3 is 0 Å². The van der Waals surface area contributed by atoms with Gasteiger partial charge in [0.2, 0.25) is 5.96 Å². The van der Waals surface area contributed by atoms with Crippen LogP contribution in [0.25, 0.3) is 115 Å². The van der Waals surface area contributed by atoms with Gasteiger partial charge in [0.15, 0.2) is 5.84 Å². The SMILES string of the molecule is NC(=NC(=NCn1c2ccccc2c2c1ccc1c3ccccc3n(-c3ccccc3)c12)c1ccccc1)n1c2c3ccccc3ccc2c2ccc3c4ccc5c(c4n(-c4ccccc4)c3c21)C=CCC5. The third-order valence-electron chi connectivity index (χ3n) is 15.1. The molecule has 10 aromatic carbocycles. The number of nitrogens with zero attached hydrogens (tertiary/aromatic N) is 6. The van der Waals surface area contributed by atoms with E-state index in [1.54, 1.807) is 0 Å².